The highest BCUT2D eigenvalue weighted by molar-refractivity contribution is 5.95. The Bertz CT molecular complexity index is 1490. The summed E-state index contributed by atoms with van der Waals surface area (Å²) < 4.78 is 29.3. The third kappa shape index (κ3) is 4.87. The maximum Gasteiger partial charge on any atom is 0.339 e. The van der Waals surface area contributed by atoms with Crippen LogP contribution >= 0.6 is 0 Å². The molecule has 9 nitrogen and oxygen atoms in total. The number of hydrogen-bond donors (Lipinski definition) is 0. The largest absolute Gasteiger partial charge is 0.469 e. The summed E-state index contributed by atoms with van der Waals surface area (Å²) in [6.07, 6.45) is 7.45. The summed E-state index contributed by atoms with van der Waals surface area (Å²) in [6, 6.07) is 8.33. The number of furan rings is 3. The van der Waals surface area contributed by atoms with E-state index in [1.165, 1.54) is 30.9 Å². The second-order valence-corrected chi connectivity index (χ2v) is 6.97. The Kier molecular flexibility index (Phi) is 6.12. The lowest BCUT2D eigenvalue weighted by atomic mass is 10.2. The summed E-state index contributed by atoms with van der Waals surface area (Å²) >= 11 is 0. The fraction of sp³-hybridized carbons (Fsp3) is 0.125. The molecule has 6 rings (SSSR count). The summed E-state index contributed by atoms with van der Waals surface area (Å²) in [5, 5.41) is 0. The fourth-order valence-electron chi connectivity index (χ4n) is 3.05. The van der Waals surface area contributed by atoms with Gasteiger partial charge in [0.05, 0.1) is 18.8 Å². The van der Waals surface area contributed by atoms with E-state index in [0.29, 0.717) is 34.9 Å². The number of carbonyl (C=O) groups is 1. The third-order valence-electron chi connectivity index (χ3n) is 4.70. The van der Waals surface area contributed by atoms with E-state index in [0.717, 1.165) is 16.7 Å². The van der Waals surface area contributed by atoms with E-state index < -0.39 is 0 Å². The van der Waals surface area contributed by atoms with E-state index in [1.807, 2.05) is 6.92 Å². The van der Waals surface area contributed by atoms with Gasteiger partial charge in [-0.05, 0) is 32.0 Å². The summed E-state index contributed by atoms with van der Waals surface area (Å²) in [5.74, 6) is 0.919. The molecule has 3 aliphatic heterocycles. The Morgan fingerprint density at radius 3 is 2.42 bits per heavy atom. The van der Waals surface area contributed by atoms with Gasteiger partial charge in [0.25, 0.3) is 0 Å². The molecule has 0 spiro atoms. The Morgan fingerprint density at radius 1 is 0.879 bits per heavy atom. The van der Waals surface area contributed by atoms with Crippen LogP contribution in [0.5, 0.6) is 0 Å². The molecule has 0 saturated carbocycles. The molecule has 0 unspecified atom stereocenters. The van der Waals surface area contributed by atoms with Crippen molar-refractivity contribution in [1.29, 1.82) is 0 Å². The zero-order chi connectivity index (χ0) is 23.4. The van der Waals surface area contributed by atoms with E-state index in [9.17, 15) is 14.4 Å². The van der Waals surface area contributed by atoms with Gasteiger partial charge < -0.3 is 26.8 Å². The summed E-state index contributed by atoms with van der Waals surface area (Å²) in [6.45, 7) is 3.86. The molecule has 0 saturated heterocycles. The van der Waals surface area contributed by atoms with Gasteiger partial charge in [0, 0.05) is 40.5 Å². The second-order valence-electron chi connectivity index (χ2n) is 6.97. The zero-order valence-electron chi connectivity index (χ0n) is 17.7. The minimum Gasteiger partial charge on any atom is -0.469 e. The van der Waals surface area contributed by atoms with Crippen molar-refractivity contribution in [3.05, 3.63) is 99.2 Å². The molecule has 0 bridgehead atoms. The minimum absolute atomic E-state index is 0.290. The van der Waals surface area contributed by atoms with Crippen LogP contribution in [-0.4, -0.2) is 12.6 Å². The standard InChI is InChI=1S/3C8H6O3/c1-5-6-2-3-10-4-7(6)11-8(5)9;1-5-4-7(9)11-6-2-3-10-8(5)6;9-8-4-6(5-11-8)7-2-1-3-10-7/h2*2-4H,1H3;1-4H,5H2. The normalized spacial score (nSPS) is 12.5. The van der Waals surface area contributed by atoms with Gasteiger partial charge in [-0.25, -0.2) is 14.4 Å². The molecule has 0 N–H and O–H groups in total. The van der Waals surface area contributed by atoms with E-state index >= 15 is 0 Å². The van der Waals surface area contributed by atoms with Gasteiger partial charge in [0.15, 0.2) is 16.9 Å². The molecule has 168 valence electrons. The molecule has 9 heteroatoms. The van der Waals surface area contributed by atoms with Crippen molar-refractivity contribution in [2.45, 2.75) is 13.8 Å². The maximum absolute atomic E-state index is 10.9. The van der Waals surface area contributed by atoms with Crippen LogP contribution in [0.4, 0.5) is 0 Å². The van der Waals surface area contributed by atoms with Crippen LogP contribution in [0.2, 0.25) is 0 Å². The van der Waals surface area contributed by atoms with Gasteiger partial charge >= 0.3 is 17.2 Å². The van der Waals surface area contributed by atoms with Crippen molar-refractivity contribution in [2.24, 2.45) is 0 Å². The van der Waals surface area contributed by atoms with Gasteiger partial charge in [-0.2, -0.15) is 0 Å². The van der Waals surface area contributed by atoms with Crippen molar-refractivity contribution < 1.29 is 31.6 Å². The minimum atomic E-state index is -0.337. The summed E-state index contributed by atoms with van der Waals surface area (Å²) in [7, 11) is 0. The first-order valence-electron chi connectivity index (χ1n) is 9.77. The SMILES string of the molecule is Cc1c2ccocc-2oc1=O.Cc1cc(=O)oc2ccoc12.O=C1C=C(c2ccco2)CO1. The summed E-state index contributed by atoms with van der Waals surface area (Å²) in [4.78, 5) is 32.3. The predicted octanol–water partition coefficient (Wildman–Crippen LogP) is 4.56. The molecule has 0 aromatic carbocycles. The van der Waals surface area contributed by atoms with Crippen LogP contribution in [0.3, 0.4) is 0 Å². The van der Waals surface area contributed by atoms with Gasteiger partial charge in [-0.3, -0.25) is 0 Å². The first-order chi connectivity index (χ1) is 15.9. The molecule has 0 radical (unpaired) electrons. The Hall–Kier alpha value is -4.53. The molecule has 0 atom stereocenters. The Labute approximate surface area is 185 Å². The predicted molar refractivity (Wildman–Crippen MR) is 116 cm³/mol. The van der Waals surface area contributed by atoms with Crippen molar-refractivity contribution in [2.75, 3.05) is 6.61 Å². The highest BCUT2D eigenvalue weighted by atomic mass is 16.5. The van der Waals surface area contributed by atoms with Crippen LogP contribution < -0.4 is 11.3 Å². The smallest absolute Gasteiger partial charge is 0.339 e. The molecule has 3 aromatic rings. The van der Waals surface area contributed by atoms with Crippen molar-refractivity contribution >= 4 is 22.7 Å². The van der Waals surface area contributed by atoms with Gasteiger partial charge in [0.1, 0.15) is 18.6 Å². The Balaban J connectivity index is 0.000000118. The monoisotopic (exact) mass is 450 g/mol. The van der Waals surface area contributed by atoms with Crippen LogP contribution in [0.1, 0.15) is 16.9 Å². The molecular weight excluding hydrogens is 432 g/mol. The number of carbonyl (C=O) groups excluding carboxylic acids is 1. The van der Waals surface area contributed by atoms with Gasteiger partial charge in [0.2, 0.25) is 0 Å². The Morgan fingerprint density at radius 2 is 1.73 bits per heavy atom. The first kappa shape index (κ1) is 21.7. The number of rotatable bonds is 1. The molecule has 3 aliphatic rings. The number of esters is 1. The number of fused-ring (bicyclic) bond motifs is 2. The average molecular weight is 450 g/mol. The molecule has 0 amide bonds. The van der Waals surface area contributed by atoms with Gasteiger partial charge in [-0.15, -0.1) is 0 Å². The van der Waals surface area contributed by atoms with E-state index in [-0.39, 0.29) is 17.2 Å². The van der Waals surface area contributed by atoms with Crippen molar-refractivity contribution in [3.8, 4) is 11.3 Å². The number of aryl methyl sites for hydroxylation is 1. The van der Waals surface area contributed by atoms with Crippen LogP contribution in [0, 0.1) is 13.8 Å². The lowest BCUT2D eigenvalue weighted by Gasteiger charge is -1.92. The molecule has 6 heterocycles. The van der Waals surface area contributed by atoms with Crippen molar-refractivity contribution in [3.63, 3.8) is 0 Å². The van der Waals surface area contributed by atoms with E-state index in [4.69, 9.17) is 26.8 Å². The lowest BCUT2D eigenvalue weighted by Crippen LogP contribution is -1.95. The maximum atomic E-state index is 10.9. The van der Waals surface area contributed by atoms with Crippen molar-refractivity contribution in [1.82, 2.24) is 0 Å². The summed E-state index contributed by atoms with van der Waals surface area (Å²) in [5.41, 5.74) is 3.59. The number of ether oxygens (including phenoxy) is 1. The molecule has 3 aromatic heterocycles. The quantitative estimate of drug-likeness (QED) is 0.338. The van der Waals surface area contributed by atoms with Crippen LogP contribution in [0.25, 0.3) is 28.1 Å². The van der Waals surface area contributed by atoms with Gasteiger partial charge in [-0.1, -0.05) is 0 Å². The average Bonchev–Trinajstić information content (AvgIpc) is 3.58. The zero-order valence-corrected chi connectivity index (χ0v) is 17.7. The fourth-order valence-corrected chi connectivity index (χ4v) is 3.05. The number of hydrogen-bond acceptors (Lipinski definition) is 9. The topological polar surface area (TPSA) is 126 Å². The number of cyclic esters (lactones) is 1. The van der Waals surface area contributed by atoms with Crippen LogP contribution in [-0.2, 0) is 9.53 Å². The lowest BCUT2D eigenvalue weighted by molar-refractivity contribution is -0.134. The van der Waals surface area contributed by atoms with E-state index in [1.54, 1.807) is 37.5 Å². The highest BCUT2D eigenvalue weighted by Gasteiger charge is 2.16. The van der Waals surface area contributed by atoms with Crippen LogP contribution in [0.15, 0.2) is 93.1 Å². The third-order valence-corrected chi connectivity index (χ3v) is 4.70. The molecule has 33 heavy (non-hydrogen) atoms. The first-order valence-corrected chi connectivity index (χ1v) is 9.77. The second kappa shape index (κ2) is 9.31. The van der Waals surface area contributed by atoms with E-state index in [2.05, 4.69) is 0 Å². The molecule has 0 fully saturated rings. The molecular formula is C24H18O9. The molecule has 0 aliphatic carbocycles. The highest BCUT2D eigenvalue weighted by Crippen LogP contribution is 2.22.